The van der Waals surface area contributed by atoms with Gasteiger partial charge in [0.25, 0.3) is 5.91 Å². The molecule has 0 saturated heterocycles. The van der Waals surface area contributed by atoms with Gasteiger partial charge in [-0.15, -0.1) is 0 Å². The smallest absolute Gasteiger partial charge is 0.373 e. The zero-order valence-electron chi connectivity index (χ0n) is 22.9. The number of methoxy groups -OCH3 is 1. The minimum atomic E-state index is -0.557. The van der Waals surface area contributed by atoms with Gasteiger partial charge in [0.2, 0.25) is 11.7 Å². The van der Waals surface area contributed by atoms with Crippen LogP contribution in [0.5, 0.6) is 5.75 Å². The van der Waals surface area contributed by atoms with E-state index in [1.165, 1.54) is 13.2 Å². The Morgan fingerprint density at radius 3 is 2.37 bits per heavy atom. The SMILES string of the molecule is COC(=O)c1ccc(COc2ccc(C(=O)N3c4ccccc4C(N(C(C)=O)c4ccc(Cl)cc4)CC3C)cc2)o1. The lowest BCUT2D eigenvalue weighted by atomic mass is 9.89. The fourth-order valence-electron chi connectivity index (χ4n) is 5.17. The molecule has 0 N–H and O–H groups in total. The number of furan rings is 1. The van der Waals surface area contributed by atoms with E-state index in [0.717, 1.165) is 16.9 Å². The third-order valence-electron chi connectivity index (χ3n) is 7.07. The van der Waals surface area contributed by atoms with Crippen molar-refractivity contribution in [2.24, 2.45) is 0 Å². The molecule has 41 heavy (non-hydrogen) atoms. The topological polar surface area (TPSA) is 89.3 Å². The van der Waals surface area contributed by atoms with Gasteiger partial charge in [0.15, 0.2) is 0 Å². The van der Waals surface area contributed by atoms with Crippen molar-refractivity contribution in [2.75, 3.05) is 16.9 Å². The van der Waals surface area contributed by atoms with Crippen LogP contribution in [0.1, 0.15) is 58.5 Å². The molecule has 2 unspecified atom stereocenters. The number of ether oxygens (including phenoxy) is 2. The number of hydrogen-bond acceptors (Lipinski definition) is 6. The fourth-order valence-corrected chi connectivity index (χ4v) is 5.30. The second-order valence-corrected chi connectivity index (χ2v) is 10.2. The predicted molar refractivity (Wildman–Crippen MR) is 156 cm³/mol. The van der Waals surface area contributed by atoms with Crippen molar-refractivity contribution in [3.63, 3.8) is 0 Å². The predicted octanol–water partition coefficient (Wildman–Crippen LogP) is 6.83. The molecule has 3 aromatic carbocycles. The quantitative estimate of drug-likeness (QED) is 0.225. The van der Waals surface area contributed by atoms with E-state index in [2.05, 4.69) is 4.74 Å². The molecule has 1 aliphatic rings. The fraction of sp³-hybridized carbons (Fsp3) is 0.219. The van der Waals surface area contributed by atoms with E-state index in [1.807, 2.05) is 43.3 Å². The van der Waals surface area contributed by atoms with E-state index < -0.39 is 5.97 Å². The van der Waals surface area contributed by atoms with Crippen LogP contribution in [0.15, 0.2) is 89.3 Å². The van der Waals surface area contributed by atoms with Crippen LogP contribution in [0.4, 0.5) is 11.4 Å². The molecule has 210 valence electrons. The molecular weight excluding hydrogens is 544 g/mol. The number of nitrogens with zero attached hydrogens (tertiary/aromatic N) is 2. The Morgan fingerprint density at radius 2 is 1.68 bits per heavy atom. The van der Waals surface area contributed by atoms with Crippen LogP contribution in [0, 0.1) is 0 Å². The average Bonchev–Trinajstić information content (AvgIpc) is 3.46. The lowest BCUT2D eigenvalue weighted by Crippen LogP contribution is -2.47. The standard InChI is InChI=1S/C32H29ClN2O6/c1-20-18-29(35(21(2)36)24-12-10-23(33)11-13-24)27-6-4-5-7-28(27)34(20)31(37)22-8-14-25(15-9-22)40-19-26-16-17-30(41-26)32(38)39-3/h4-17,20,29H,18-19H2,1-3H3. The molecule has 0 radical (unpaired) electrons. The summed E-state index contributed by atoms with van der Waals surface area (Å²) in [6.07, 6.45) is 0.558. The van der Waals surface area contributed by atoms with Crippen LogP contribution >= 0.6 is 11.6 Å². The third kappa shape index (κ3) is 5.83. The lowest BCUT2D eigenvalue weighted by molar-refractivity contribution is -0.117. The highest BCUT2D eigenvalue weighted by molar-refractivity contribution is 6.30. The molecule has 1 aromatic heterocycles. The first kappa shape index (κ1) is 28.0. The Labute approximate surface area is 243 Å². The van der Waals surface area contributed by atoms with Gasteiger partial charge in [0.1, 0.15) is 18.1 Å². The first-order valence-corrected chi connectivity index (χ1v) is 13.5. The summed E-state index contributed by atoms with van der Waals surface area (Å²) in [5.41, 5.74) is 2.92. The summed E-state index contributed by atoms with van der Waals surface area (Å²) in [7, 11) is 1.29. The van der Waals surface area contributed by atoms with E-state index in [-0.39, 0.29) is 36.3 Å². The minimum absolute atomic E-state index is 0.0919. The van der Waals surface area contributed by atoms with Crippen molar-refractivity contribution >= 4 is 40.8 Å². The highest BCUT2D eigenvalue weighted by Crippen LogP contribution is 2.43. The van der Waals surface area contributed by atoms with Gasteiger partial charge in [0.05, 0.1) is 13.2 Å². The van der Waals surface area contributed by atoms with Crippen molar-refractivity contribution in [3.8, 4) is 5.75 Å². The Balaban J connectivity index is 1.35. The molecule has 2 amide bonds. The number of carbonyl (C=O) groups excluding carboxylic acids is 3. The van der Waals surface area contributed by atoms with Crippen LogP contribution < -0.4 is 14.5 Å². The van der Waals surface area contributed by atoms with Gasteiger partial charge in [-0.3, -0.25) is 9.59 Å². The zero-order valence-corrected chi connectivity index (χ0v) is 23.6. The third-order valence-corrected chi connectivity index (χ3v) is 7.32. The Bertz CT molecular complexity index is 1560. The summed E-state index contributed by atoms with van der Waals surface area (Å²) in [6.45, 7) is 3.65. The van der Waals surface area contributed by atoms with Crippen LogP contribution in [-0.2, 0) is 16.1 Å². The van der Waals surface area contributed by atoms with Crippen molar-refractivity contribution in [1.29, 1.82) is 0 Å². The van der Waals surface area contributed by atoms with Gasteiger partial charge in [-0.25, -0.2) is 4.79 Å². The zero-order chi connectivity index (χ0) is 29.1. The number of amides is 2. The largest absolute Gasteiger partial charge is 0.486 e. The molecule has 5 rings (SSSR count). The van der Waals surface area contributed by atoms with Crippen molar-refractivity contribution in [1.82, 2.24) is 0 Å². The molecule has 0 bridgehead atoms. The Kier molecular flexibility index (Phi) is 8.12. The summed E-state index contributed by atoms with van der Waals surface area (Å²) in [5, 5.41) is 0.594. The summed E-state index contributed by atoms with van der Waals surface area (Å²) in [6, 6.07) is 24.5. The van der Waals surface area contributed by atoms with E-state index >= 15 is 0 Å². The first-order chi connectivity index (χ1) is 19.8. The van der Waals surface area contributed by atoms with Gasteiger partial charge in [0, 0.05) is 34.9 Å². The molecule has 2 heterocycles. The number of anilines is 2. The summed E-state index contributed by atoms with van der Waals surface area (Å²) in [5.74, 6) is 0.319. The van der Waals surface area contributed by atoms with Crippen molar-refractivity contribution in [2.45, 2.75) is 39.0 Å². The number of esters is 1. The highest BCUT2D eigenvalue weighted by atomic mass is 35.5. The number of para-hydroxylation sites is 1. The minimum Gasteiger partial charge on any atom is -0.486 e. The lowest BCUT2D eigenvalue weighted by Gasteiger charge is -2.43. The Hall–Kier alpha value is -4.56. The van der Waals surface area contributed by atoms with E-state index in [1.54, 1.807) is 59.2 Å². The number of halogens is 1. The number of carbonyl (C=O) groups is 3. The maximum absolute atomic E-state index is 13.8. The number of fused-ring (bicyclic) bond motifs is 1. The normalized spacial score (nSPS) is 16.0. The van der Waals surface area contributed by atoms with Gasteiger partial charge in [-0.2, -0.15) is 0 Å². The molecular formula is C32H29ClN2O6. The second kappa shape index (κ2) is 11.9. The number of hydrogen-bond donors (Lipinski definition) is 0. The molecule has 0 aliphatic carbocycles. The van der Waals surface area contributed by atoms with Crippen LogP contribution in [0.25, 0.3) is 0 Å². The number of rotatable bonds is 7. The summed E-state index contributed by atoms with van der Waals surface area (Å²) >= 11 is 6.09. The van der Waals surface area contributed by atoms with Crippen LogP contribution in [0.3, 0.4) is 0 Å². The maximum atomic E-state index is 13.8. The monoisotopic (exact) mass is 572 g/mol. The van der Waals surface area contributed by atoms with Gasteiger partial charge in [-0.1, -0.05) is 29.8 Å². The van der Waals surface area contributed by atoms with Crippen LogP contribution in [0.2, 0.25) is 5.02 Å². The summed E-state index contributed by atoms with van der Waals surface area (Å²) in [4.78, 5) is 41.8. The number of benzene rings is 3. The van der Waals surface area contributed by atoms with E-state index in [0.29, 0.717) is 28.5 Å². The molecule has 8 nitrogen and oxygen atoms in total. The molecule has 4 aromatic rings. The molecule has 9 heteroatoms. The molecule has 1 aliphatic heterocycles. The van der Waals surface area contributed by atoms with Crippen molar-refractivity contribution < 1.29 is 28.3 Å². The van der Waals surface area contributed by atoms with Crippen LogP contribution in [-0.4, -0.2) is 30.9 Å². The first-order valence-electron chi connectivity index (χ1n) is 13.1. The Morgan fingerprint density at radius 1 is 0.976 bits per heavy atom. The highest BCUT2D eigenvalue weighted by Gasteiger charge is 2.38. The molecule has 2 atom stereocenters. The average molecular weight is 573 g/mol. The van der Waals surface area contributed by atoms with Gasteiger partial charge in [-0.05, 0) is 85.6 Å². The van der Waals surface area contributed by atoms with E-state index in [9.17, 15) is 14.4 Å². The van der Waals surface area contributed by atoms with Gasteiger partial charge < -0.3 is 23.7 Å². The van der Waals surface area contributed by atoms with Crippen molar-refractivity contribution in [3.05, 3.63) is 113 Å². The maximum Gasteiger partial charge on any atom is 0.373 e. The second-order valence-electron chi connectivity index (χ2n) is 9.77. The molecule has 0 saturated carbocycles. The molecule has 0 fully saturated rings. The molecule has 0 spiro atoms. The van der Waals surface area contributed by atoms with E-state index in [4.69, 9.17) is 20.8 Å². The summed E-state index contributed by atoms with van der Waals surface area (Å²) < 4.78 is 15.8. The van der Waals surface area contributed by atoms with Gasteiger partial charge >= 0.3 is 5.97 Å².